The first-order valence-corrected chi connectivity index (χ1v) is 10.2. The molecular weight excluding hydrogens is 513 g/mol. The van der Waals surface area contributed by atoms with Crippen LogP contribution in [-0.2, 0) is 0 Å². The minimum Gasteiger partial charge on any atom is -0.298 e. The number of aldehydes is 3. The molecule has 0 N–H and O–H groups in total. The molecule has 0 saturated heterocycles. The Morgan fingerprint density at radius 1 is 0.533 bits per heavy atom. The molecule has 0 unspecified atom stereocenters. The second-order valence-corrected chi connectivity index (χ2v) is 7.89. The highest BCUT2D eigenvalue weighted by molar-refractivity contribution is 6.38. The van der Waals surface area contributed by atoms with E-state index in [0.717, 1.165) is 0 Å². The summed E-state index contributed by atoms with van der Waals surface area (Å²) in [5.74, 6) is 0. The van der Waals surface area contributed by atoms with Gasteiger partial charge in [-0.25, -0.2) is 0 Å². The van der Waals surface area contributed by atoms with E-state index < -0.39 is 0 Å². The second kappa shape index (κ2) is 13.7. The Balaban J connectivity index is 0.000000225. The lowest BCUT2D eigenvalue weighted by molar-refractivity contribution is 0.111. The second-order valence-electron chi connectivity index (χ2n) is 5.36. The van der Waals surface area contributed by atoms with E-state index in [9.17, 15) is 14.4 Å². The van der Waals surface area contributed by atoms with Crippen LogP contribution in [0.25, 0.3) is 0 Å². The minimum absolute atomic E-state index is 0.353. The van der Waals surface area contributed by atoms with Crippen LogP contribution in [0.2, 0.25) is 30.1 Å². The van der Waals surface area contributed by atoms with E-state index in [1.165, 1.54) is 6.07 Å². The van der Waals surface area contributed by atoms with Crippen LogP contribution in [0.4, 0.5) is 0 Å². The van der Waals surface area contributed by atoms with Crippen molar-refractivity contribution in [3.63, 3.8) is 0 Å². The molecule has 0 spiro atoms. The maximum absolute atomic E-state index is 10.3. The van der Waals surface area contributed by atoms with Gasteiger partial charge in [-0.05, 0) is 48.5 Å². The van der Waals surface area contributed by atoms with Gasteiger partial charge < -0.3 is 0 Å². The Kier molecular flexibility index (Phi) is 12.0. The Labute approximate surface area is 203 Å². The highest BCUT2D eigenvalue weighted by Gasteiger charge is 2.01. The lowest BCUT2D eigenvalue weighted by Crippen LogP contribution is -1.81. The van der Waals surface area contributed by atoms with Crippen molar-refractivity contribution in [2.24, 2.45) is 0 Å². The molecule has 0 aliphatic carbocycles. The quantitative estimate of drug-likeness (QED) is 0.323. The van der Waals surface area contributed by atoms with E-state index >= 15 is 0 Å². The van der Waals surface area contributed by atoms with Gasteiger partial charge in [0.25, 0.3) is 0 Å². The van der Waals surface area contributed by atoms with E-state index in [-0.39, 0.29) is 0 Å². The first kappa shape index (κ1) is 26.4. The predicted molar refractivity (Wildman–Crippen MR) is 126 cm³/mol. The van der Waals surface area contributed by atoms with Crippen LogP contribution in [0, 0.1) is 0 Å². The summed E-state index contributed by atoms with van der Waals surface area (Å²) in [5.41, 5.74) is 1.28. The van der Waals surface area contributed by atoms with E-state index in [1.54, 1.807) is 48.5 Å². The van der Waals surface area contributed by atoms with Gasteiger partial charge in [0.05, 0.1) is 20.6 Å². The normalized spacial score (nSPS) is 9.40. The smallest absolute Gasteiger partial charge is 0.153 e. The largest absolute Gasteiger partial charge is 0.298 e. The summed E-state index contributed by atoms with van der Waals surface area (Å²) < 4.78 is 0. The lowest BCUT2D eigenvalue weighted by atomic mass is 10.2. The minimum atomic E-state index is 0.353. The van der Waals surface area contributed by atoms with Crippen molar-refractivity contribution in [3.8, 4) is 0 Å². The zero-order chi connectivity index (χ0) is 22.7. The predicted octanol–water partition coefficient (Wildman–Crippen LogP) is 8.42. The number of hydrogen-bond donors (Lipinski definition) is 0. The molecule has 0 aliphatic rings. The Bertz CT molecular complexity index is 997. The van der Waals surface area contributed by atoms with Crippen molar-refractivity contribution in [1.82, 2.24) is 0 Å². The van der Waals surface area contributed by atoms with Crippen molar-refractivity contribution in [1.29, 1.82) is 0 Å². The molecule has 0 amide bonds. The average molecular weight is 525 g/mol. The lowest BCUT2D eigenvalue weighted by Gasteiger charge is -1.95. The first-order valence-electron chi connectivity index (χ1n) is 7.92. The molecule has 3 aromatic rings. The van der Waals surface area contributed by atoms with Gasteiger partial charge >= 0.3 is 0 Å². The van der Waals surface area contributed by atoms with E-state index in [4.69, 9.17) is 69.6 Å². The molecule has 0 atom stereocenters. The van der Waals surface area contributed by atoms with Gasteiger partial charge in [0.15, 0.2) is 12.6 Å². The molecule has 9 heteroatoms. The van der Waals surface area contributed by atoms with Crippen molar-refractivity contribution in [2.75, 3.05) is 0 Å². The van der Waals surface area contributed by atoms with Crippen molar-refractivity contribution in [2.45, 2.75) is 0 Å². The molecule has 3 rings (SSSR count). The number of carbonyl (C=O) groups is 3. The number of benzene rings is 3. The molecule has 0 aromatic heterocycles. The van der Waals surface area contributed by atoms with Crippen molar-refractivity contribution < 1.29 is 14.4 Å². The summed E-state index contributed by atoms with van der Waals surface area (Å²) in [5, 5.41) is 2.69. The fourth-order valence-corrected chi connectivity index (χ4v) is 3.24. The molecule has 0 saturated carbocycles. The van der Waals surface area contributed by atoms with E-state index in [0.29, 0.717) is 65.7 Å². The molecule has 30 heavy (non-hydrogen) atoms. The fourth-order valence-electron chi connectivity index (χ4n) is 1.87. The summed E-state index contributed by atoms with van der Waals surface area (Å²) in [4.78, 5) is 30.7. The number of hydrogen-bond acceptors (Lipinski definition) is 3. The van der Waals surface area contributed by atoms with Gasteiger partial charge in [-0.2, -0.15) is 0 Å². The number of carbonyl (C=O) groups excluding carboxylic acids is 3. The first-order chi connectivity index (χ1) is 14.2. The topological polar surface area (TPSA) is 51.2 Å². The summed E-state index contributed by atoms with van der Waals surface area (Å²) >= 11 is 33.6. The Hall–Kier alpha value is -1.59. The third kappa shape index (κ3) is 9.05. The SMILES string of the molecule is O=Cc1c(Cl)cccc1Cl.O=Cc1cc(Cl)cc(Cl)c1.O=Cc1cc(Cl)ccc1Cl. The van der Waals surface area contributed by atoms with Crippen LogP contribution in [-0.4, -0.2) is 18.9 Å². The van der Waals surface area contributed by atoms with E-state index in [1.807, 2.05) is 0 Å². The summed E-state index contributed by atoms with van der Waals surface area (Å²) in [6.45, 7) is 0. The summed E-state index contributed by atoms with van der Waals surface area (Å²) in [6.07, 6.45) is 2.02. The van der Waals surface area contributed by atoms with Crippen LogP contribution in [0.15, 0.2) is 54.6 Å². The molecule has 0 fully saturated rings. The highest BCUT2D eigenvalue weighted by Crippen LogP contribution is 2.21. The number of rotatable bonds is 3. The molecule has 0 aliphatic heterocycles. The highest BCUT2D eigenvalue weighted by atomic mass is 35.5. The van der Waals surface area contributed by atoms with Crippen molar-refractivity contribution >= 4 is 88.5 Å². The van der Waals surface area contributed by atoms with Gasteiger partial charge in [-0.1, -0.05) is 75.7 Å². The van der Waals surface area contributed by atoms with Gasteiger partial charge in [-0.3, -0.25) is 14.4 Å². The fraction of sp³-hybridized carbons (Fsp3) is 0. The summed E-state index contributed by atoms with van der Waals surface area (Å²) in [6, 6.07) is 14.4. The summed E-state index contributed by atoms with van der Waals surface area (Å²) in [7, 11) is 0. The van der Waals surface area contributed by atoms with Crippen LogP contribution in [0.1, 0.15) is 31.1 Å². The van der Waals surface area contributed by atoms with Crippen LogP contribution >= 0.6 is 69.6 Å². The van der Waals surface area contributed by atoms with Crippen LogP contribution in [0.3, 0.4) is 0 Å². The zero-order valence-electron chi connectivity index (χ0n) is 14.9. The zero-order valence-corrected chi connectivity index (χ0v) is 19.5. The molecule has 0 heterocycles. The average Bonchev–Trinajstić information content (AvgIpc) is 2.70. The molecule has 0 radical (unpaired) electrons. The molecule has 0 bridgehead atoms. The molecule has 3 aromatic carbocycles. The van der Waals surface area contributed by atoms with Crippen LogP contribution < -0.4 is 0 Å². The van der Waals surface area contributed by atoms with E-state index in [2.05, 4.69) is 0 Å². The third-order valence-corrected chi connectivity index (χ3v) is 4.90. The molecular formula is C21H12Cl6O3. The Morgan fingerprint density at radius 3 is 1.50 bits per heavy atom. The van der Waals surface area contributed by atoms with Gasteiger partial charge in [-0.15, -0.1) is 0 Å². The van der Waals surface area contributed by atoms with Gasteiger partial charge in [0.1, 0.15) is 6.29 Å². The maximum Gasteiger partial charge on any atom is 0.153 e. The van der Waals surface area contributed by atoms with Gasteiger partial charge in [0.2, 0.25) is 0 Å². The Morgan fingerprint density at radius 2 is 1.10 bits per heavy atom. The maximum atomic E-state index is 10.3. The number of halogens is 6. The van der Waals surface area contributed by atoms with Gasteiger partial charge in [0, 0.05) is 26.2 Å². The molecule has 156 valence electrons. The third-order valence-electron chi connectivity index (χ3n) is 3.22. The van der Waals surface area contributed by atoms with Crippen LogP contribution in [0.5, 0.6) is 0 Å². The molecule has 3 nitrogen and oxygen atoms in total. The standard InChI is InChI=1S/3C7H4Cl2O/c8-6-1-5(4-10)2-7(9)3-6;8-6-1-2-7(9)5(3-6)4-10;8-6-2-1-3-7(9)5(6)4-10/h3*1-4H. The van der Waals surface area contributed by atoms with Crippen molar-refractivity contribution in [3.05, 3.63) is 101 Å². The monoisotopic (exact) mass is 522 g/mol.